The molecule has 0 amide bonds. The SMILES string of the molecule is COC(=O)c1cc(-c2cc3[nH]c(=O)[nH]c3cc2Cl)cc([N+](=O)[O-])c1. The van der Waals surface area contributed by atoms with Crippen LogP contribution in [0.2, 0.25) is 5.02 Å². The molecule has 1 heterocycles. The van der Waals surface area contributed by atoms with Crippen molar-refractivity contribution < 1.29 is 14.5 Å². The lowest BCUT2D eigenvalue weighted by Gasteiger charge is -2.07. The number of imidazole rings is 1. The van der Waals surface area contributed by atoms with E-state index in [1.54, 1.807) is 6.07 Å². The van der Waals surface area contributed by atoms with E-state index in [4.69, 9.17) is 11.6 Å². The van der Waals surface area contributed by atoms with Crippen molar-refractivity contribution in [2.45, 2.75) is 0 Å². The van der Waals surface area contributed by atoms with Crippen molar-refractivity contribution in [2.75, 3.05) is 7.11 Å². The molecule has 8 nitrogen and oxygen atoms in total. The molecule has 2 aromatic carbocycles. The van der Waals surface area contributed by atoms with Gasteiger partial charge in [-0.05, 0) is 23.8 Å². The molecule has 0 aliphatic rings. The molecule has 122 valence electrons. The molecule has 0 saturated heterocycles. The number of nitrogens with zero attached hydrogens (tertiary/aromatic N) is 1. The van der Waals surface area contributed by atoms with Crippen LogP contribution in [0.25, 0.3) is 22.2 Å². The summed E-state index contributed by atoms with van der Waals surface area (Å²) in [6, 6.07) is 6.97. The van der Waals surface area contributed by atoms with Crippen molar-refractivity contribution in [3.05, 3.63) is 61.5 Å². The Kier molecular flexibility index (Phi) is 3.82. The fraction of sp³-hybridized carbons (Fsp3) is 0.0667. The molecule has 0 fully saturated rings. The van der Waals surface area contributed by atoms with E-state index in [2.05, 4.69) is 14.7 Å². The third-order valence-electron chi connectivity index (χ3n) is 3.46. The molecule has 0 saturated carbocycles. The van der Waals surface area contributed by atoms with Crippen molar-refractivity contribution >= 4 is 34.3 Å². The molecule has 0 radical (unpaired) electrons. The maximum absolute atomic E-state index is 11.7. The molecule has 0 aliphatic carbocycles. The number of nitrogens with one attached hydrogen (secondary N) is 2. The van der Waals surface area contributed by atoms with Crippen LogP contribution >= 0.6 is 11.6 Å². The zero-order valence-corrected chi connectivity index (χ0v) is 13.0. The van der Waals surface area contributed by atoms with E-state index in [9.17, 15) is 19.7 Å². The third kappa shape index (κ3) is 2.74. The van der Waals surface area contributed by atoms with Gasteiger partial charge in [0.15, 0.2) is 0 Å². The number of carbonyl (C=O) groups is 1. The van der Waals surface area contributed by atoms with Gasteiger partial charge < -0.3 is 14.7 Å². The first-order valence-electron chi connectivity index (χ1n) is 6.69. The number of ether oxygens (including phenoxy) is 1. The van der Waals surface area contributed by atoms with E-state index in [-0.39, 0.29) is 16.3 Å². The second-order valence-electron chi connectivity index (χ2n) is 4.97. The molecule has 24 heavy (non-hydrogen) atoms. The first kappa shape index (κ1) is 15.8. The van der Waals surface area contributed by atoms with E-state index in [1.807, 2.05) is 0 Å². The number of methoxy groups -OCH3 is 1. The Morgan fingerprint density at radius 2 is 1.83 bits per heavy atom. The highest BCUT2D eigenvalue weighted by molar-refractivity contribution is 6.34. The number of non-ortho nitro benzene ring substituents is 1. The average molecular weight is 348 g/mol. The van der Waals surface area contributed by atoms with Gasteiger partial charge in [0.2, 0.25) is 0 Å². The normalized spacial score (nSPS) is 10.8. The molecule has 0 bridgehead atoms. The van der Waals surface area contributed by atoms with Crippen molar-refractivity contribution in [3.63, 3.8) is 0 Å². The summed E-state index contributed by atoms with van der Waals surface area (Å²) in [7, 11) is 1.18. The summed E-state index contributed by atoms with van der Waals surface area (Å²) in [5.41, 5.74) is 1.16. The van der Waals surface area contributed by atoms with Gasteiger partial charge in [0.1, 0.15) is 0 Å². The van der Waals surface area contributed by atoms with Crippen LogP contribution in [0, 0.1) is 10.1 Å². The molecular weight excluding hydrogens is 338 g/mol. The third-order valence-corrected chi connectivity index (χ3v) is 3.78. The summed E-state index contributed by atoms with van der Waals surface area (Å²) < 4.78 is 4.62. The van der Waals surface area contributed by atoms with Crippen molar-refractivity contribution in [1.82, 2.24) is 9.97 Å². The predicted octanol–water partition coefficient (Wildman–Crippen LogP) is 2.87. The highest BCUT2D eigenvalue weighted by Gasteiger charge is 2.17. The fourth-order valence-corrected chi connectivity index (χ4v) is 2.66. The van der Waals surface area contributed by atoms with E-state index in [0.29, 0.717) is 22.2 Å². The molecule has 2 N–H and O–H groups in total. The summed E-state index contributed by atoms with van der Waals surface area (Å²) in [5, 5.41) is 11.4. The maximum Gasteiger partial charge on any atom is 0.338 e. The Morgan fingerprint density at radius 1 is 1.17 bits per heavy atom. The van der Waals surface area contributed by atoms with Crippen LogP contribution in [0.5, 0.6) is 0 Å². The first-order chi connectivity index (χ1) is 11.4. The van der Waals surface area contributed by atoms with E-state index in [0.717, 1.165) is 6.07 Å². The minimum Gasteiger partial charge on any atom is -0.465 e. The van der Waals surface area contributed by atoms with Gasteiger partial charge in [0, 0.05) is 17.7 Å². The monoisotopic (exact) mass is 347 g/mol. The standard InChI is InChI=1S/C15H10ClN3O5/c1-24-14(20)8-2-7(3-9(4-8)19(22)23)10-5-12-13(6-11(10)16)18-15(21)17-12/h2-6H,1H3,(H2,17,18,21). The van der Waals surface area contributed by atoms with Crippen LogP contribution in [0.15, 0.2) is 35.1 Å². The van der Waals surface area contributed by atoms with Crippen LogP contribution in [0.4, 0.5) is 5.69 Å². The summed E-state index contributed by atoms with van der Waals surface area (Å²) in [4.78, 5) is 38.8. The molecule has 9 heteroatoms. The van der Waals surface area contributed by atoms with Crippen LogP contribution in [-0.2, 0) is 4.74 Å². The molecule has 1 aromatic heterocycles. The maximum atomic E-state index is 11.7. The van der Waals surface area contributed by atoms with Gasteiger partial charge in [0.05, 0.1) is 33.7 Å². The second kappa shape index (κ2) is 5.82. The summed E-state index contributed by atoms with van der Waals surface area (Å²) in [6.45, 7) is 0. The number of hydrogen-bond donors (Lipinski definition) is 2. The summed E-state index contributed by atoms with van der Waals surface area (Å²) in [5.74, 6) is -0.702. The van der Waals surface area contributed by atoms with Crippen molar-refractivity contribution in [2.24, 2.45) is 0 Å². The van der Waals surface area contributed by atoms with E-state index < -0.39 is 16.6 Å². The number of carbonyl (C=O) groups excluding carboxylic acids is 1. The second-order valence-corrected chi connectivity index (χ2v) is 5.38. The lowest BCUT2D eigenvalue weighted by molar-refractivity contribution is -0.384. The highest BCUT2D eigenvalue weighted by Crippen LogP contribution is 2.33. The minimum absolute atomic E-state index is 0.0282. The number of aromatic nitrogens is 2. The van der Waals surface area contributed by atoms with Gasteiger partial charge in [-0.1, -0.05) is 11.6 Å². The first-order valence-corrected chi connectivity index (χ1v) is 7.06. The number of fused-ring (bicyclic) bond motifs is 1. The molecule has 3 rings (SSSR count). The zero-order chi connectivity index (χ0) is 17.4. The topological polar surface area (TPSA) is 118 Å². The van der Waals surface area contributed by atoms with Gasteiger partial charge >= 0.3 is 11.7 Å². The number of aromatic amines is 2. The Bertz CT molecular complexity index is 1040. The predicted molar refractivity (Wildman–Crippen MR) is 87.4 cm³/mol. The fourth-order valence-electron chi connectivity index (χ4n) is 2.38. The smallest absolute Gasteiger partial charge is 0.338 e. The zero-order valence-electron chi connectivity index (χ0n) is 12.3. The van der Waals surface area contributed by atoms with Crippen molar-refractivity contribution in [1.29, 1.82) is 0 Å². The number of hydrogen-bond acceptors (Lipinski definition) is 5. The number of halogens is 1. The molecule has 0 unspecified atom stereocenters. The van der Waals surface area contributed by atoms with Crippen LogP contribution in [-0.4, -0.2) is 28.0 Å². The lowest BCUT2D eigenvalue weighted by Crippen LogP contribution is -2.03. The Labute approximate surface area is 139 Å². The molecule has 0 aliphatic heterocycles. The van der Waals surface area contributed by atoms with Gasteiger partial charge in [0.25, 0.3) is 5.69 Å². The molecule has 3 aromatic rings. The van der Waals surface area contributed by atoms with Crippen molar-refractivity contribution in [3.8, 4) is 11.1 Å². The number of nitro benzene ring substituents is 1. The van der Waals surface area contributed by atoms with Crippen LogP contribution < -0.4 is 5.69 Å². The van der Waals surface area contributed by atoms with Gasteiger partial charge in [-0.25, -0.2) is 9.59 Å². The van der Waals surface area contributed by atoms with Gasteiger partial charge in [-0.15, -0.1) is 0 Å². The highest BCUT2D eigenvalue weighted by atomic mass is 35.5. The number of rotatable bonds is 3. The van der Waals surface area contributed by atoms with E-state index >= 15 is 0 Å². The molecule has 0 spiro atoms. The Hall–Kier alpha value is -3.13. The number of H-pyrrole nitrogens is 2. The number of benzene rings is 2. The van der Waals surface area contributed by atoms with E-state index in [1.165, 1.54) is 25.3 Å². The largest absolute Gasteiger partial charge is 0.465 e. The van der Waals surface area contributed by atoms with Crippen LogP contribution in [0.1, 0.15) is 10.4 Å². The van der Waals surface area contributed by atoms with Gasteiger partial charge in [-0.3, -0.25) is 10.1 Å². The lowest BCUT2D eigenvalue weighted by atomic mass is 10.0. The number of esters is 1. The molecule has 0 atom stereocenters. The Balaban J connectivity index is 2.26. The summed E-state index contributed by atoms with van der Waals surface area (Å²) >= 11 is 6.22. The Morgan fingerprint density at radius 3 is 2.46 bits per heavy atom. The minimum atomic E-state index is -0.702. The summed E-state index contributed by atoms with van der Waals surface area (Å²) in [6.07, 6.45) is 0. The van der Waals surface area contributed by atoms with Crippen LogP contribution in [0.3, 0.4) is 0 Å². The number of nitro groups is 1. The average Bonchev–Trinajstić information content (AvgIpc) is 2.91. The quantitative estimate of drug-likeness (QED) is 0.429. The van der Waals surface area contributed by atoms with Gasteiger partial charge in [-0.2, -0.15) is 0 Å². The molecular formula is C15H10ClN3O5.